The molecule has 4 nitrogen and oxygen atoms in total. The first-order valence-electron chi connectivity index (χ1n) is 4.86. The van der Waals surface area contributed by atoms with E-state index in [1.807, 2.05) is 23.6 Å². The van der Waals surface area contributed by atoms with E-state index in [2.05, 4.69) is 26.2 Å². The Morgan fingerprint density at radius 1 is 1.53 bits per heavy atom. The number of amides is 1. The summed E-state index contributed by atoms with van der Waals surface area (Å²) in [4.78, 5) is 16.3. The summed E-state index contributed by atoms with van der Waals surface area (Å²) in [5.74, 6) is -0.410. The van der Waals surface area contributed by atoms with Gasteiger partial charge in [-0.05, 0) is 33.4 Å². The number of aromatic nitrogens is 1. The van der Waals surface area contributed by atoms with Crippen molar-refractivity contribution in [2.75, 3.05) is 5.32 Å². The van der Waals surface area contributed by atoms with Gasteiger partial charge in [0.05, 0.1) is 11.9 Å². The van der Waals surface area contributed by atoms with Crippen molar-refractivity contribution >= 4 is 38.9 Å². The van der Waals surface area contributed by atoms with E-state index >= 15 is 0 Å². The summed E-state index contributed by atoms with van der Waals surface area (Å²) < 4.78 is 0.844. The number of nitrogens with one attached hydrogen (secondary N) is 1. The van der Waals surface area contributed by atoms with Crippen LogP contribution in [0.1, 0.15) is 10.9 Å². The third-order valence-corrected chi connectivity index (χ3v) is 3.50. The summed E-state index contributed by atoms with van der Waals surface area (Å²) in [6.45, 7) is 0. The number of thiophene rings is 1. The van der Waals surface area contributed by atoms with Crippen molar-refractivity contribution < 1.29 is 4.79 Å². The summed E-state index contributed by atoms with van der Waals surface area (Å²) in [6, 6.07) is 5.08. The molecular formula is C11H10BrN3OS. The first-order chi connectivity index (χ1) is 8.16. The zero-order valence-corrected chi connectivity index (χ0v) is 11.2. The van der Waals surface area contributed by atoms with Crippen LogP contribution in [-0.4, -0.2) is 10.9 Å². The van der Waals surface area contributed by atoms with Gasteiger partial charge in [-0.25, -0.2) is 0 Å². The monoisotopic (exact) mass is 311 g/mol. The highest BCUT2D eigenvalue weighted by molar-refractivity contribution is 9.10. The van der Waals surface area contributed by atoms with Crippen LogP contribution in [0.15, 0.2) is 40.4 Å². The van der Waals surface area contributed by atoms with Crippen LogP contribution in [0.2, 0.25) is 0 Å². The van der Waals surface area contributed by atoms with E-state index in [1.165, 1.54) is 11.3 Å². The zero-order chi connectivity index (χ0) is 12.3. The third kappa shape index (κ3) is 3.04. The second-order valence-corrected chi connectivity index (χ2v) is 5.28. The van der Waals surface area contributed by atoms with Crippen molar-refractivity contribution in [3.8, 4) is 0 Å². The molecule has 0 aliphatic carbocycles. The van der Waals surface area contributed by atoms with Gasteiger partial charge < -0.3 is 11.1 Å². The second kappa shape index (κ2) is 5.29. The van der Waals surface area contributed by atoms with Gasteiger partial charge >= 0.3 is 0 Å². The first-order valence-corrected chi connectivity index (χ1v) is 6.54. The fourth-order valence-corrected chi connectivity index (χ4v) is 2.54. The number of rotatable bonds is 4. The summed E-state index contributed by atoms with van der Waals surface area (Å²) in [6.07, 6.45) is 3.32. The molecule has 0 radical (unpaired) electrons. The van der Waals surface area contributed by atoms with Gasteiger partial charge in [-0.15, -0.1) is 11.3 Å². The number of anilines is 1. The van der Waals surface area contributed by atoms with Crippen molar-refractivity contribution in [3.63, 3.8) is 0 Å². The van der Waals surface area contributed by atoms with E-state index in [9.17, 15) is 4.79 Å². The molecule has 6 heteroatoms. The Kier molecular flexibility index (Phi) is 3.75. The molecule has 0 aliphatic heterocycles. The topological polar surface area (TPSA) is 68.0 Å². The standard InChI is InChI=1S/C11H10BrN3OS/c12-7-4-8(6-14-5-7)15-10(11(13)16)9-2-1-3-17-9/h1-6,10,15H,(H2,13,16)/t10-/m0/s1. The molecule has 2 aromatic rings. The number of halogens is 1. The molecule has 0 aliphatic rings. The van der Waals surface area contributed by atoms with Gasteiger partial charge in [0, 0.05) is 15.5 Å². The van der Waals surface area contributed by atoms with E-state index in [-0.39, 0.29) is 0 Å². The molecule has 2 heterocycles. The largest absolute Gasteiger partial charge is 0.368 e. The molecular weight excluding hydrogens is 302 g/mol. The molecule has 1 atom stereocenters. The Labute approximate surface area is 111 Å². The number of nitrogens with zero attached hydrogens (tertiary/aromatic N) is 1. The molecule has 2 rings (SSSR count). The lowest BCUT2D eigenvalue weighted by Crippen LogP contribution is -2.27. The maximum Gasteiger partial charge on any atom is 0.245 e. The summed E-state index contributed by atoms with van der Waals surface area (Å²) in [5, 5.41) is 4.97. The lowest BCUT2D eigenvalue weighted by Gasteiger charge is -2.14. The highest BCUT2D eigenvalue weighted by Gasteiger charge is 2.18. The summed E-state index contributed by atoms with van der Waals surface area (Å²) in [5.41, 5.74) is 6.13. The smallest absolute Gasteiger partial charge is 0.245 e. The molecule has 3 N–H and O–H groups in total. The van der Waals surface area contributed by atoms with E-state index in [1.54, 1.807) is 12.4 Å². The average Bonchev–Trinajstić information content (AvgIpc) is 2.78. The Balaban J connectivity index is 2.22. The van der Waals surface area contributed by atoms with E-state index < -0.39 is 11.9 Å². The van der Waals surface area contributed by atoms with Gasteiger partial charge in [-0.3, -0.25) is 9.78 Å². The van der Waals surface area contributed by atoms with Crippen LogP contribution in [-0.2, 0) is 4.79 Å². The fourth-order valence-electron chi connectivity index (χ4n) is 1.40. The molecule has 88 valence electrons. The van der Waals surface area contributed by atoms with Gasteiger partial charge in [0.2, 0.25) is 5.91 Å². The SMILES string of the molecule is NC(=O)[C@@H](Nc1cncc(Br)c1)c1cccs1. The number of hydrogen-bond donors (Lipinski definition) is 2. The van der Waals surface area contributed by atoms with Gasteiger partial charge in [-0.1, -0.05) is 6.07 Å². The summed E-state index contributed by atoms with van der Waals surface area (Å²) >= 11 is 4.81. The number of carbonyl (C=O) groups is 1. The number of hydrogen-bond acceptors (Lipinski definition) is 4. The molecule has 0 saturated heterocycles. The predicted octanol–water partition coefficient (Wildman–Crippen LogP) is 2.54. The van der Waals surface area contributed by atoms with E-state index in [4.69, 9.17) is 5.73 Å². The van der Waals surface area contributed by atoms with E-state index in [0.29, 0.717) is 0 Å². The highest BCUT2D eigenvalue weighted by atomic mass is 79.9. The van der Waals surface area contributed by atoms with Crippen LogP contribution in [0.3, 0.4) is 0 Å². The van der Waals surface area contributed by atoms with Crippen LogP contribution in [0.4, 0.5) is 5.69 Å². The molecule has 0 spiro atoms. The minimum atomic E-state index is -0.522. The van der Waals surface area contributed by atoms with Gasteiger partial charge in [-0.2, -0.15) is 0 Å². The van der Waals surface area contributed by atoms with Crippen LogP contribution >= 0.6 is 27.3 Å². The fraction of sp³-hybridized carbons (Fsp3) is 0.0909. The maximum absolute atomic E-state index is 11.4. The average molecular weight is 312 g/mol. The molecule has 0 unspecified atom stereocenters. The third-order valence-electron chi connectivity index (χ3n) is 2.13. The quantitative estimate of drug-likeness (QED) is 0.911. The minimum Gasteiger partial charge on any atom is -0.368 e. The van der Waals surface area contributed by atoms with Crippen molar-refractivity contribution in [1.82, 2.24) is 4.98 Å². The first kappa shape index (κ1) is 12.1. The van der Waals surface area contributed by atoms with Crippen LogP contribution in [0, 0.1) is 0 Å². The maximum atomic E-state index is 11.4. The van der Waals surface area contributed by atoms with Gasteiger partial charge in [0.25, 0.3) is 0 Å². The number of primary amides is 1. The van der Waals surface area contributed by atoms with Gasteiger partial charge in [0.15, 0.2) is 0 Å². The second-order valence-electron chi connectivity index (χ2n) is 3.39. The molecule has 1 amide bonds. The summed E-state index contributed by atoms with van der Waals surface area (Å²) in [7, 11) is 0. The predicted molar refractivity (Wildman–Crippen MR) is 71.8 cm³/mol. The lowest BCUT2D eigenvalue weighted by molar-refractivity contribution is -0.118. The Hall–Kier alpha value is -1.40. The number of pyridine rings is 1. The normalized spacial score (nSPS) is 12.1. The molecule has 0 bridgehead atoms. The van der Waals surface area contributed by atoms with E-state index in [0.717, 1.165) is 15.0 Å². The molecule has 17 heavy (non-hydrogen) atoms. The van der Waals surface area contributed by atoms with Gasteiger partial charge in [0.1, 0.15) is 6.04 Å². The minimum absolute atomic E-state index is 0.410. The van der Waals surface area contributed by atoms with Crippen molar-refractivity contribution in [2.45, 2.75) is 6.04 Å². The number of carbonyl (C=O) groups excluding carboxylic acids is 1. The Morgan fingerprint density at radius 2 is 2.35 bits per heavy atom. The zero-order valence-electron chi connectivity index (χ0n) is 8.76. The highest BCUT2D eigenvalue weighted by Crippen LogP contribution is 2.24. The van der Waals surface area contributed by atoms with Crippen molar-refractivity contribution in [2.24, 2.45) is 5.73 Å². The Morgan fingerprint density at radius 3 is 2.94 bits per heavy atom. The van der Waals surface area contributed by atoms with Crippen molar-refractivity contribution in [3.05, 3.63) is 45.3 Å². The van der Waals surface area contributed by atoms with Crippen LogP contribution < -0.4 is 11.1 Å². The lowest BCUT2D eigenvalue weighted by atomic mass is 10.2. The number of nitrogens with two attached hydrogens (primary N) is 1. The van der Waals surface area contributed by atoms with Crippen LogP contribution in [0.25, 0.3) is 0 Å². The molecule has 2 aromatic heterocycles. The molecule has 0 aromatic carbocycles. The molecule has 0 saturated carbocycles. The van der Waals surface area contributed by atoms with Crippen LogP contribution in [0.5, 0.6) is 0 Å². The van der Waals surface area contributed by atoms with Crippen molar-refractivity contribution in [1.29, 1.82) is 0 Å². The Bertz CT molecular complexity index is 515. The molecule has 0 fully saturated rings.